The van der Waals surface area contributed by atoms with Gasteiger partial charge in [0, 0.05) is 0 Å². The van der Waals surface area contributed by atoms with E-state index in [0.29, 0.717) is 23.9 Å². The Hall–Kier alpha value is -1.88. The van der Waals surface area contributed by atoms with Crippen molar-refractivity contribution in [3.8, 4) is 17.1 Å². The predicted molar refractivity (Wildman–Crippen MR) is 73.4 cm³/mol. The highest BCUT2D eigenvalue weighted by atomic mass is 16.5. The standard InChI is InChI=1S/C15H18N2O3/c1-19-12-7-3-2-6-11(12)14-16-13(20-17-14)10-15(18)8-4-5-9-15/h2-3,6-7,18H,4-5,8-10H2,1H3. The summed E-state index contributed by atoms with van der Waals surface area (Å²) in [5, 5.41) is 14.4. The van der Waals surface area contributed by atoms with E-state index >= 15 is 0 Å². The zero-order valence-electron chi connectivity index (χ0n) is 11.5. The molecular formula is C15H18N2O3. The van der Waals surface area contributed by atoms with Gasteiger partial charge in [0.25, 0.3) is 0 Å². The van der Waals surface area contributed by atoms with Crippen LogP contribution >= 0.6 is 0 Å². The first kappa shape index (κ1) is 13.1. The van der Waals surface area contributed by atoms with Crippen LogP contribution in [0.2, 0.25) is 0 Å². The van der Waals surface area contributed by atoms with Gasteiger partial charge >= 0.3 is 0 Å². The summed E-state index contributed by atoms with van der Waals surface area (Å²) >= 11 is 0. The van der Waals surface area contributed by atoms with Crippen molar-refractivity contribution >= 4 is 0 Å². The molecule has 1 saturated carbocycles. The van der Waals surface area contributed by atoms with Gasteiger partial charge < -0.3 is 14.4 Å². The normalized spacial score (nSPS) is 17.3. The number of nitrogens with zero attached hydrogens (tertiary/aromatic N) is 2. The minimum absolute atomic E-state index is 0.426. The Morgan fingerprint density at radius 1 is 1.30 bits per heavy atom. The molecule has 0 bridgehead atoms. The molecule has 1 N–H and O–H groups in total. The van der Waals surface area contributed by atoms with E-state index in [9.17, 15) is 5.11 Å². The minimum atomic E-state index is -0.676. The van der Waals surface area contributed by atoms with Crippen LogP contribution in [0.15, 0.2) is 28.8 Å². The molecule has 2 aromatic rings. The number of ether oxygens (including phenoxy) is 1. The van der Waals surface area contributed by atoms with E-state index in [4.69, 9.17) is 9.26 Å². The van der Waals surface area contributed by atoms with Crippen molar-refractivity contribution in [3.05, 3.63) is 30.2 Å². The zero-order chi connectivity index (χ0) is 14.0. The monoisotopic (exact) mass is 274 g/mol. The van der Waals surface area contributed by atoms with E-state index < -0.39 is 5.60 Å². The zero-order valence-corrected chi connectivity index (χ0v) is 11.5. The van der Waals surface area contributed by atoms with Gasteiger partial charge in [-0.25, -0.2) is 0 Å². The molecule has 0 radical (unpaired) electrons. The molecule has 106 valence electrons. The second-order valence-corrected chi connectivity index (χ2v) is 5.32. The topological polar surface area (TPSA) is 68.4 Å². The first-order valence-electron chi connectivity index (χ1n) is 6.89. The fourth-order valence-corrected chi connectivity index (χ4v) is 2.76. The van der Waals surface area contributed by atoms with E-state index in [1.165, 1.54) is 0 Å². The third-order valence-electron chi connectivity index (χ3n) is 3.83. The number of para-hydroxylation sites is 1. The Balaban J connectivity index is 1.83. The van der Waals surface area contributed by atoms with Gasteiger partial charge in [-0.05, 0) is 25.0 Å². The van der Waals surface area contributed by atoms with Gasteiger partial charge in [0.1, 0.15) is 5.75 Å². The summed E-state index contributed by atoms with van der Waals surface area (Å²) in [4.78, 5) is 4.38. The predicted octanol–water partition coefficient (Wildman–Crippen LogP) is 2.59. The molecule has 1 heterocycles. The lowest BCUT2D eigenvalue weighted by molar-refractivity contribution is 0.0402. The largest absolute Gasteiger partial charge is 0.496 e. The summed E-state index contributed by atoms with van der Waals surface area (Å²) in [6.45, 7) is 0. The van der Waals surface area contributed by atoms with Gasteiger partial charge in [-0.3, -0.25) is 0 Å². The molecule has 20 heavy (non-hydrogen) atoms. The minimum Gasteiger partial charge on any atom is -0.496 e. The lowest BCUT2D eigenvalue weighted by Gasteiger charge is -2.18. The first-order chi connectivity index (χ1) is 9.70. The van der Waals surface area contributed by atoms with Crippen LogP contribution in [0.5, 0.6) is 5.75 Å². The third kappa shape index (κ3) is 2.54. The van der Waals surface area contributed by atoms with Crippen molar-refractivity contribution < 1.29 is 14.4 Å². The van der Waals surface area contributed by atoms with Crippen LogP contribution in [0, 0.1) is 0 Å². The molecule has 1 aromatic carbocycles. The van der Waals surface area contributed by atoms with Crippen molar-refractivity contribution in [3.63, 3.8) is 0 Å². The van der Waals surface area contributed by atoms with Crippen LogP contribution in [0.3, 0.4) is 0 Å². The molecule has 1 aromatic heterocycles. The summed E-state index contributed by atoms with van der Waals surface area (Å²) in [5.74, 6) is 1.69. The molecule has 0 saturated heterocycles. The summed E-state index contributed by atoms with van der Waals surface area (Å²) in [6, 6.07) is 7.54. The summed E-state index contributed by atoms with van der Waals surface area (Å²) in [7, 11) is 1.61. The number of benzene rings is 1. The Morgan fingerprint density at radius 3 is 2.80 bits per heavy atom. The van der Waals surface area contributed by atoms with Gasteiger partial charge in [-0.1, -0.05) is 30.1 Å². The fraction of sp³-hybridized carbons (Fsp3) is 0.467. The second-order valence-electron chi connectivity index (χ2n) is 5.32. The van der Waals surface area contributed by atoms with Gasteiger partial charge in [-0.2, -0.15) is 4.98 Å². The molecule has 1 fully saturated rings. The molecule has 0 amide bonds. The number of aliphatic hydroxyl groups is 1. The first-order valence-corrected chi connectivity index (χ1v) is 6.89. The molecule has 1 aliphatic rings. The van der Waals surface area contributed by atoms with Crippen LogP contribution in [-0.2, 0) is 6.42 Å². The quantitative estimate of drug-likeness (QED) is 0.928. The van der Waals surface area contributed by atoms with Crippen molar-refractivity contribution in [1.29, 1.82) is 0 Å². The number of aromatic nitrogens is 2. The Labute approximate surface area is 117 Å². The highest BCUT2D eigenvalue weighted by molar-refractivity contribution is 5.63. The molecule has 0 atom stereocenters. The molecular weight excluding hydrogens is 256 g/mol. The van der Waals surface area contributed by atoms with Gasteiger partial charge in [-0.15, -0.1) is 0 Å². The molecule has 0 unspecified atom stereocenters. The van der Waals surface area contributed by atoms with Crippen LogP contribution in [0.1, 0.15) is 31.6 Å². The average Bonchev–Trinajstić information content (AvgIpc) is 3.08. The molecule has 5 nitrogen and oxygen atoms in total. The van der Waals surface area contributed by atoms with Gasteiger partial charge in [0.05, 0.1) is 24.7 Å². The summed E-state index contributed by atoms with van der Waals surface area (Å²) in [5.41, 5.74) is 0.119. The Morgan fingerprint density at radius 2 is 2.05 bits per heavy atom. The molecule has 0 spiro atoms. The highest BCUT2D eigenvalue weighted by Crippen LogP contribution is 2.33. The van der Waals surface area contributed by atoms with Gasteiger partial charge in [0.15, 0.2) is 0 Å². The molecule has 3 rings (SSSR count). The van der Waals surface area contributed by atoms with Crippen molar-refractivity contribution in [2.45, 2.75) is 37.7 Å². The molecule has 1 aliphatic carbocycles. The number of hydrogen-bond donors (Lipinski definition) is 1. The maximum Gasteiger partial charge on any atom is 0.229 e. The second kappa shape index (κ2) is 5.25. The van der Waals surface area contributed by atoms with Crippen molar-refractivity contribution in [1.82, 2.24) is 10.1 Å². The molecule has 5 heteroatoms. The van der Waals surface area contributed by atoms with Crippen LogP contribution in [0.25, 0.3) is 11.4 Å². The van der Waals surface area contributed by atoms with E-state index in [0.717, 1.165) is 31.2 Å². The fourth-order valence-electron chi connectivity index (χ4n) is 2.76. The highest BCUT2D eigenvalue weighted by Gasteiger charge is 2.33. The number of rotatable bonds is 4. The van der Waals surface area contributed by atoms with Gasteiger partial charge in [0.2, 0.25) is 11.7 Å². The van der Waals surface area contributed by atoms with Crippen LogP contribution in [0.4, 0.5) is 0 Å². The van der Waals surface area contributed by atoms with E-state index in [1.807, 2.05) is 24.3 Å². The Bertz CT molecular complexity index is 588. The SMILES string of the molecule is COc1ccccc1-c1noc(CC2(O)CCCC2)n1. The maximum absolute atomic E-state index is 10.4. The summed E-state index contributed by atoms with van der Waals surface area (Å²) in [6.07, 6.45) is 4.15. The lowest BCUT2D eigenvalue weighted by Crippen LogP contribution is -2.27. The van der Waals surface area contributed by atoms with Crippen molar-refractivity contribution in [2.75, 3.05) is 7.11 Å². The van der Waals surface area contributed by atoms with E-state index in [1.54, 1.807) is 7.11 Å². The van der Waals surface area contributed by atoms with Crippen LogP contribution < -0.4 is 4.74 Å². The van der Waals surface area contributed by atoms with Crippen molar-refractivity contribution in [2.24, 2.45) is 0 Å². The average molecular weight is 274 g/mol. The third-order valence-corrected chi connectivity index (χ3v) is 3.83. The summed E-state index contributed by atoms with van der Waals surface area (Å²) < 4.78 is 10.6. The lowest BCUT2D eigenvalue weighted by atomic mass is 9.98. The van der Waals surface area contributed by atoms with E-state index in [2.05, 4.69) is 10.1 Å². The number of methoxy groups -OCH3 is 1. The smallest absolute Gasteiger partial charge is 0.229 e. The van der Waals surface area contributed by atoms with E-state index in [-0.39, 0.29) is 0 Å². The maximum atomic E-state index is 10.4. The number of hydrogen-bond acceptors (Lipinski definition) is 5. The van der Waals surface area contributed by atoms with Crippen LogP contribution in [-0.4, -0.2) is 28.0 Å². The molecule has 0 aliphatic heterocycles. The Kier molecular flexibility index (Phi) is 3.44.